The molecule has 0 aromatic carbocycles. The van der Waals surface area contributed by atoms with E-state index < -0.39 is 0 Å². The van der Waals surface area contributed by atoms with Gasteiger partial charge in [-0.2, -0.15) is 0 Å². The molecule has 0 amide bonds. The van der Waals surface area contributed by atoms with Crippen LogP contribution >= 0.6 is 0 Å². The molecule has 4 nitrogen and oxygen atoms in total. The van der Waals surface area contributed by atoms with Crippen LogP contribution in [0.3, 0.4) is 0 Å². The SMILES string of the molecule is CC(=O)O[C@@H]1CC[C@@]2(C)[C@@H]3CC[C@@]4(C)[C@H](C(C)=O)[C@@H](C)C[C@H]4[C@H]3C[C@@H]3O[C@@]32C1. The van der Waals surface area contributed by atoms with Crippen LogP contribution in [0, 0.1) is 40.4 Å². The summed E-state index contributed by atoms with van der Waals surface area (Å²) in [5, 5.41) is 0. The maximum Gasteiger partial charge on any atom is 0.302 e. The Morgan fingerprint density at radius 3 is 2.46 bits per heavy atom. The van der Waals surface area contributed by atoms with Crippen molar-refractivity contribution in [2.75, 3.05) is 0 Å². The molecule has 1 heterocycles. The van der Waals surface area contributed by atoms with E-state index in [1.165, 1.54) is 26.2 Å². The van der Waals surface area contributed by atoms with Crippen LogP contribution in [-0.2, 0) is 19.1 Å². The highest BCUT2D eigenvalue weighted by Gasteiger charge is 2.76. The molecule has 0 bridgehead atoms. The summed E-state index contributed by atoms with van der Waals surface area (Å²) in [7, 11) is 0. The number of hydrogen-bond acceptors (Lipinski definition) is 4. The molecule has 4 saturated carbocycles. The van der Waals surface area contributed by atoms with Crippen LogP contribution in [0.2, 0.25) is 0 Å². The number of hydrogen-bond donors (Lipinski definition) is 0. The standard InChI is InChI=1S/C24H36O4/c1-13-10-19-17-11-20-24(28-20)12-16(27-15(3)26)6-9-23(24,5)18(17)7-8-22(19,4)21(13)14(2)25/h13,16-21H,6-12H2,1-5H3/t13-,16+,17-,18+,19-,20-,21-,22+,23-,24-/m0/s1. The van der Waals surface area contributed by atoms with Gasteiger partial charge in [0.05, 0.1) is 6.10 Å². The van der Waals surface area contributed by atoms with E-state index in [-0.39, 0.29) is 34.4 Å². The van der Waals surface area contributed by atoms with Gasteiger partial charge in [0.15, 0.2) is 0 Å². The number of ether oxygens (including phenoxy) is 2. The number of carbonyl (C=O) groups excluding carboxylic acids is 2. The average molecular weight is 389 g/mol. The molecule has 1 aliphatic heterocycles. The maximum atomic E-state index is 12.5. The molecule has 0 aromatic heterocycles. The highest BCUT2D eigenvalue weighted by atomic mass is 16.6. The van der Waals surface area contributed by atoms with Crippen LogP contribution in [0.4, 0.5) is 0 Å². The highest BCUT2D eigenvalue weighted by Crippen LogP contribution is 2.74. The van der Waals surface area contributed by atoms with Crippen LogP contribution in [0.5, 0.6) is 0 Å². The van der Waals surface area contributed by atoms with Crippen LogP contribution in [0.1, 0.15) is 79.6 Å². The summed E-state index contributed by atoms with van der Waals surface area (Å²) in [6.45, 7) is 10.5. The predicted molar refractivity (Wildman–Crippen MR) is 105 cm³/mol. The first-order valence-electron chi connectivity index (χ1n) is 11.5. The first-order chi connectivity index (χ1) is 13.1. The molecule has 28 heavy (non-hydrogen) atoms. The van der Waals surface area contributed by atoms with Crippen LogP contribution in [0.15, 0.2) is 0 Å². The largest absolute Gasteiger partial charge is 0.462 e. The van der Waals surface area contributed by atoms with Crippen molar-refractivity contribution >= 4 is 11.8 Å². The van der Waals surface area contributed by atoms with Crippen LogP contribution in [0.25, 0.3) is 0 Å². The molecule has 0 radical (unpaired) electrons. The molecular formula is C24H36O4. The van der Waals surface area contributed by atoms with E-state index in [0.717, 1.165) is 25.7 Å². The van der Waals surface area contributed by atoms with Gasteiger partial charge >= 0.3 is 5.97 Å². The molecule has 1 saturated heterocycles. The Morgan fingerprint density at radius 2 is 1.79 bits per heavy atom. The number of rotatable bonds is 2. The van der Waals surface area contributed by atoms with E-state index in [4.69, 9.17) is 9.47 Å². The second kappa shape index (κ2) is 5.83. The third-order valence-corrected chi connectivity index (χ3v) is 10.2. The zero-order valence-electron chi connectivity index (χ0n) is 18.1. The van der Waals surface area contributed by atoms with Crippen molar-refractivity contribution in [3.63, 3.8) is 0 Å². The van der Waals surface area contributed by atoms with Gasteiger partial charge in [0.2, 0.25) is 0 Å². The zero-order valence-corrected chi connectivity index (χ0v) is 18.1. The summed E-state index contributed by atoms with van der Waals surface area (Å²) >= 11 is 0. The number of fused-ring (bicyclic) bond motifs is 4. The van der Waals surface area contributed by atoms with E-state index in [1.807, 2.05) is 6.92 Å². The fourth-order valence-electron chi connectivity index (χ4n) is 9.20. The fraction of sp³-hybridized carbons (Fsp3) is 0.917. The Morgan fingerprint density at radius 1 is 1.04 bits per heavy atom. The summed E-state index contributed by atoms with van der Waals surface area (Å²) < 4.78 is 12.1. The molecule has 5 aliphatic rings. The maximum absolute atomic E-state index is 12.5. The van der Waals surface area contributed by atoms with Crippen LogP contribution in [-0.4, -0.2) is 29.6 Å². The normalized spacial score (nSPS) is 56.7. The van der Waals surface area contributed by atoms with E-state index in [9.17, 15) is 9.59 Å². The van der Waals surface area contributed by atoms with Crippen molar-refractivity contribution in [2.45, 2.75) is 97.4 Å². The van der Waals surface area contributed by atoms with Gasteiger partial charge in [-0.3, -0.25) is 9.59 Å². The van der Waals surface area contributed by atoms with Crippen molar-refractivity contribution < 1.29 is 19.1 Å². The lowest BCUT2D eigenvalue weighted by molar-refractivity contribution is -0.158. The lowest BCUT2D eigenvalue weighted by Crippen LogP contribution is -2.59. The van der Waals surface area contributed by atoms with E-state index in [1.54, 1.807) is 0 Å². The van der Waals surface area contributed by atoms with Crippen molar-refractivity contribution in [1.82, 2.24) is 0 Å². The van der Waals surface area contributed by atoms with Gasteiger partial charge in [-0.1, -0.05) is 20.8 Å². The topological polar surface area (TPSA) is 55.9 Å². The number of ketones is 1. The molecule has 4 heteroatoms. The van der Waals surface area contributed by atoms with E-state index in [0.29, 0.717) is 35.6 Å². The Hall–Kier alpha value is -0.900. The van der Waals surface area contributed by atoms with Gasteiger partial charge in [0, 0.05) is 24.7 Å². The average Bonchev–Trinajstić information content (AvgIpc) is 3.20. The summed E-state index contributed by atoms with van der Waals surface area (Å²) in [6, 6.07) is 0. The number of epoxide rings is 1. The van der Waals surface area contributed by atoms with Gasteiger partial charge < -0.3 is 9.47 Å². The Balaban J connectivity index is 1.44. The van der Waals surface area contributed by atoms with Crippen molar-refractivity contribution in [3.8, 4) is 0 Å². The molecule has 0 unspecified atom stereocenters. The molecule has 156 valence electrons. The minimum absolute atomic E-state index is 0.0228. The second-order valence-electron chi connectivity index (χ2n) is 11.3. The highest BCUT2D eigenvalue weighted by molar-refractivity contribution is 5.80. The predicted octanol–water partition coefficient (Wildman–Crippen LogP) is 4.54. The molecule has 0 aromatic rings. The Kier molecular flexibility index (Phi) is 3.98. The van der Waals surface area contributed by atoms with Gasteiger partial charge in [0.1, 0.15) is 17.5 Å². The van der Waals surface area contributed by atoms with Gasteiger partial charge in [-0.05, 0) is 74.5 Å². The van der Waals surface area contributed by atoms with Gasteiger partial charge in [0.25, 0.3) is 0 Å². The minimum Gasteiger partial charge on any atom is -0.462 e. The summed E-state index contributed by atoms with van der Waals surface area (Å²) in [6.07, 6.45) is 8.03. The third-order valence-electron chi connectivity index (χ3n) is 10.2. The van der Waals surface area contributed by atoms with Crippen molar-refractivity contribution in [2.24, 2.45) is 40.4 Å². The van der Waals surface area contributed by atoms with Crippen molar-refractivity contribution in [3.05, 3.63) is 0 Å². The zero-order chi connectivity index (χ0) is 20.1. The molecule has 4 aliphatic carbocycles. The fourth-order valence-corrected chi connectivity index (χ4v) is 9.20. The summed E-state index contributed by atoms with van der Waals surface area (Å²) in [4.78, 5) is 24.0. The van der Waals surface area contributed by atoms with E-state index >= 15 is 0 Å². The van der Waals surface area contributed by atoms with Crippen LogP contribution < -0.4 is 0 Å². The summed E-state index contributed by atoms with van der Waals surface area (Å²) in [5.74, 6) is 2.99. The molecule has 5 rings (SSSR count). The molecule has 1 spiro atoms. The molecular weight excluding hydrogens is 352 g/mol. The molecule has 5 fully saturated rings. The van der Waals surface area contributed by atoms with E-state index in [2.05, 4.69) is 20.8 Å². The monoisotopic (exact) mass is 388 g/mol. The molecule has 0 N–H and O–H groups in total. The Labute approximate surface area is 169 Å². The first-order valence-corrected chi connectivity index (χ1v) is 11.5. The lowest BCUT2D eigenvalue weighted by atomic mass is 9.44. The Bertz CT molecular complexity index is 717. The second-order valence-corrected chi connectivity index (χ2v) is 11.3. The minimum atomic E-state index is -0.167. The quantitative estimate of drug-likeness (QED) is 0.515. The van der Waals surface area contributed by atoms with Gasteiger partial charge in [-0.25, -0.2) is 0 Å². The third kappa shape index (κ3) is 2.27. The van der Waals surface area contributed by atoms with Crippen molar-refractivity contribution in [1.29, 1.82) is 0 Å². The lowest BCUT2D eigenvalue weighted by Gasteiger charge is -2.59. The first kappa shape index (κ1) is 19.1. The number of esters is 1. The smallest absolute Gasteiger partial charge is 0.302 e. The number of carbonyl (C=O) groups is 2. The summed E-state index contributed by atoms with van der Waals surface area (Å²) in [5.41, 5.74) is 0.299. The number of Topliss-reactive ketones (excluding diaryl/α,β-unsaturated/α-hetero) is 1. The van der Waals surface area contributed by atoms with Gasteiger partial charge in [-0.15, -0.1) is 0 Å². The molecule has 10 atom stereocenters.